The lowest BCUT2D eigenvalue weighted by atomic mass is 10.0. The average molecular weight is 601 g/mol. The summed E-state index contributed by atoms with van der Waals surface area (Å²) in [5.41, 5.74) is 5.36. The molecule has 3 heterocycles. The van der Waals surface area contributed by atoms with Crippen LogP contribution in [-0.4, -0.2) is 16.7 Å². The number of nitrogens with zero attached hydrogens (tertiary/aromatic N) is 3. The van der Waals surface area contributed by atoms with Gasteiger partial charge in [0.05, 0.1) is 10.2 Å². The number of aromatic nitrogens is 1. The van der Waals surface area contributed by atoms with Crippen LogP contribution in [0.2, 0.25) is 0 Å². The summed E-state index contributed by atoms with van der Waals surface area (Å²) in [5, 5.41) is 9.62. The Kier molecular flexibility index (Phi) is 5.89. The maximum Gasteiger partial charge on any atom is 0.159 e. The molecule has 1 atom stereocenters. The fraction of sp³-hybridized carbons (Fsp3) is 0.0263. The van der Waals surface area contributed by atoms with E-state index in [-0.39, 0.29) is 6.17 Å². The third kappa shape index (κ3) is 4.22. The molecule has 0 aliphatic carbocycles. The number of fused-ring (bicyclic) bond motifs is 6. The number of benzene rings is 6. The van der Waals surface area contributed by atoms with Crippen molar-refractivity contribution in [3.8, 4) is 10.6 Å². The van der Waals surface area contributed by atoms with Crippen molar-refractivity contribution in [3.63, 3.8) is 0 Å². The van der Waals surface area contributed by atoms with Gasteiger partial charge in [-0.3, -0.25) is 0 Å². The van der Waals surface area contributed by atoms with Crippen molar-refractivity contribution in [2.24, 2.45) is 9.98 Å². The van der Waals surface area contributed by atoms with E-state index < -0.39 is 0 Å². The molecule has 44 heavy (non-hydrogen) atoms. The number of nitrogens with one attached hydrogen (secondary N) is 1. The number of aliphatic imine (C=N–C) groups is 2. The number of hydrogen-bond acceptors (Lipinski definition) is 6. The quantitative estimate of drug-likeness (QED) is 0.219. The van der Waals surface area contributed by atoms with Crippen LogP contribution in [0.4, 0.5) is 0 Å². The summed E-state index contributed by atoms with van der Waals surface area (Å²) in [7, 11) is 0. The Bertz CT molecular complexity index is 2420. The predicted molar refractivity (Wildman–Crippen MR) is 187 cm³/mol. The molecular formula is C38H24N4S2. The van der Waals surface area contributed by atoms with Gasteiger partial charge in [0.1, 0.15) is 17.0 Å². The first-order chi connectivity index (χ1) is 21.8. The van der Waals surface area contributed by atoms with Gasteiger partial charge in [-0.05, 0) is 29.1 Å². The number of thiazole rings is 1. The van der Waals surface area contributed by atoms with E-state index in [0.29, 0.717) is 0 Å². The van der Waals surface area contributed by atoms with Gasteiger partial charge in [0, 0.05) is 42.2 Å². The summed E-state index contributed by atoms with van der Waals surface area (Å²) in [5.74, 6) is 1.54. The molecule has 0 amide bonds. The predicted octanol–water partition coefficient (Wildman–Crippen LogP) is 9.98. The van der Waals surface area contributed by atoms with Crippen LogP contribution < -0.4 is 5.32 Å². The Morgan fingerprint density at radius 1 is 0.591 bits per heavy atom. The molecule has 0 saturated heterocycles. The van der Waals surface area contributed by atoms with Gasteiger partial charge in [0.2, 0.25) is 0 Å². The first-order valence-electron chi connectivity index (χ1n) is 14.6. The minimum absolute atomic E-state index is 0.224. The smallest absolute Gasteiger partial charge is 0.159 e. The highest BCUT2D eigenvalue weighted by Gasteiger charge is 2.21. The molecule has 1 unspecified atom stereocenters. The SMILES string of the molecule is c1ccc(C2=NC(c3ccccc3)NC(c3ccc4c(ccc5nc(-c6cccc7c6sc6ccccc67)sc54)c3)=N2)cc1. The highest BCUT2D eigenvalue weighted by Crippen LogP contribution is 2.43. The standard InChI is InChI=1S/C38H24N4S2/c1-3-10-23(11-4-1)35-40-36(24-12-5-2-6-13-24)42-37(41-35)26-18-20-27-25(22-26)19-21-31-34(27)44-38(39-31)30-16-9-15-29-28-14-7-8-17-32(28)43-33(29)30/h1-22,35H,(H,40,41,42). The molecule has 208 valence electrons. The van der Waals surface area contributed by atoms with Gasteiger partial charge in [-0.25, -0.2) is 15.0 Å². The van der Waals surface area contributed by atoms with E-state index in [1.807, 2.05) is 47.7 Å². The zero-order chi connectivity index (χ0) is 29.0. The Morgan fingerprint density at radius 2 is 1.39 bits per heavy atom. The van der Waals surface area contributed by atoms with Gasteiger partial charge in [-0.1, -0.05) is 115 Å². The Labute approximate surface area is 261 Å². The van der Waals surface area contributed by atoms with Gasteiger partial charge < -0.3 is 5.32 Å². The molecule has 9 rings (SSSR count). The molecule has 0 saturated carbocycles. The molecule has 0 spiro atoms. The molecule has 2 aromatic heterocycles. The fourth-order valence-corrected chi connectivity index (χ4v) is 8.42. The molecular weight excluding hydrogens is 577 g/mol. The second-order valence-corrected chi connectivity index (χ2v) is 12.9. The van der Waals surface area contributed by atoms with Crippen LogP contribution in [0.5, 0.6) is 0 Å². The monoisotopic (exact) mass is 600 g/mol. The first-order valence-corrected chi connectivity index (χ1v) is 16.2. The summed E-state index contributed by atoms with van der Waals surface area (Å²) in [6, 6.07) is 46.7. The highest BCUT2D eigenvalue weighted by atomic mass is 32.1. The lowest BCUT2D eigenvalue weighted by molar-refractivity contribution is 0.674. The molecule has 1 N–H and O–H groups in total. The van der Waals surface area contributed by atoms with Crippen LogP contribution >= 0.6 is 22.7 Å². The maximum atomic E-state index is 5.13. The summed E-state index contributed by atoms with van der Waals surface area (Å²) >= 11 is 3.62. The van der Waals surface area contributed by atoms with E-state index in [4.69, 9.17) is 15.0 Å². The topological polar surface area (TPSA) is 49.6 Å². The van der Waals surface area contributed by atoms with E-state index in [9.17, 15) is 0 Å². The molecule has 0 bridgehead atoms. The summed E-state index contributed by atoms with van der Waals surface area (Å²) in [4.78, 5) is 15.1. The maximum absolute atomic E-state index is 5.13. The van der Waals surface area contributed by atoms with Crippen molar-refractivity contribution in [1.82, 2.24) is 10.3 Å². The fourth-order valence-electron chi connectivity index (χ4n) is 6.01. The minimum Gasteiger partial charge on any atom is -0.344 e. The van der Waals surface area contributed by atoms with Crippen molar-refractivity contribution < 1.29 is 0 Å². The number of thiophene rings is 1. The van der Waals surface area contributed by atoms with Crippen LogP contribution in [0.15, 0.2) is 143 Å². The van der Waals surface area contributed by atoms with Crippen molar-refractivity contribution in [1.29, 1.82) is 0 Å². The van der Waals surface area contributed by atoms with Crippen LogP contribution in [0.25, 0.3) is 51.7 Å². The van der Waals surface area contributed by atoms with Gasteiger partial charge in [-0.2, -0.15) is 0 Å². The Hall–Kier alpha value is -5.17. The molecule has 8 aromatic rings. The van der Waals surface area contributed by atoms with Crippen LogP contribution in [0.3, 0.4) is 0 Å². The number of rotatable bonds is 4. The zero-order valence-electron chi connectivity index (χ0n) is 23.4. The van der Waals surface area contributed by atoms with Gasteiger partial charge >= 0.3 is 0 Å². The summed E-state index contributed by atoms with van der Waals surface area (Å²) < 4.78 is 3.81. The van der Waals surface area contributed by atoms with E-state index in [0.717, 1.165) is 44.3 Å². The molecule has 6 heteroatoms. The van der Waals surface area contributed by atoms with E-state index >= 15 is 0 Å². The molecule has 0 radical (unpaired) electrons. The largest absolute Gasteiger partial charge is 0.344 e. The van der Waals surface area contributed by atoms with Crippen molar-refractivity contribution in [2.45, 2.75) is 6.17 Å². The second-order valence-electron chi connectivity index (χ2n) is 10.9. The van der Waals surface area contributed by atoms with Crippen LogP contribution in [0.1, 0.15) is 22.9 Å². The van der Waals surface area contributed by atoms with Gasteiger partial charge in [-0.15, -0.1) is 22.7 Å². The normalized spacial score (nSPS) is 15.0. The van der Waals surface area contributed by atoms with Crippen LogP contribution in [-0.2, 0) is 0 Å². The molecule has 1 aliphatic heterocycles. The van der Waals surface area contributed by atoms with Gasteiger partial charge in [0.15, 0.2) is 5.84 Å². The summed E-state index contributed by atoms with van der Waals surface area (Å²) in [6.45, 7) is 0. The van der Waals surface area contributed by atoms with E-state index in [1.54, 1.807) is 11.3 Å². The molecule has 4 nitrogen and oxygen atoms in total. The first kappa shape index (κ1) is 25.3. The third-order valence-corrected chi connectivity index (χ3v) is 10.5. The highest BCUT2D eigenvalue weighted by molar-refractivity contribution is 7.27. The summed E-state index contributed by atoms with van der Waals surface area (Å²) in [6.07, 6.45) is -0.224. The van der Waals surface area contributed by atoms with Gasteiger partial charge in [0.25, 0.3) is 0 Å². The molecule has 1 aliphatic rings. The van der Waals surface area contributed by atoms with Crippen molar-refractivity contribution in [3.05, 3.63) is 150 Å². The Balaban J connectivity index is 1.14. The second kappa shape index (κ2) is 10.2. The Morgan fingerprint density at radius 3 is 2.27 bits per heavy atom. The van der Waals surface area contributed by atoms with E-state index in [1.165, 1.54) is 35.8 Å². The number of amidine groups is 2. The lowest BCUT2D eigenvalue weighted by Crippen LogP contribution is -2.33. The third-order valence-electron chi connectivity index (χ3n) is 8.17. The van der Waals surface area contributed by atoms with Crippen LogP contribution in [0, 0.1) is 0 Å². The van der Waals surface area contributed by atoms with Crippen molar-refractivity contribution in [2.75, 3.05) is 0 Å². The number of hydrogen-bond donors (Lipinski definition) is 1. The minimum atomic E-state index is -0.224. The van der Waals surface area contributed by atoms with E-state index in [2.05, 4.69) is 102 Å². The molecule has 6 aromatic carbocycles. The van der Waals surface area contributed by atoms with Crippen molar-refractivity contribution >= 4 is 75.5 Å². The zero-order valence-corrected chi connectivity index (χ0v) is 25.1. The lowest BCUT2D eigenvalue weighted by Gasteiger charge is -2.23. The molecule has 0 fully saturated rings. The average Bonchev–Trinajstić information content (AvgIpc) is 3.71.